The van der Waals surface area contributed by atoms with Gasteiger partial charge in [0.2, 0.25) is 0 Å². The maximum absolute atomic E-state index is 13.2. The van der Waals surface area contributed by atoms with Crippen molar-refractivity contribution in [3.63, 3.8) is 0 Å². The number of carboxylic acid groups (broad SMARTS) is 4. The number of amides is 4. The first kappa shape index (κ1) is 82.1. The maximum atomic E-state index is 13.2. The third-order valence-corrected chi connectivity index (χ3v) is 14.2. The fraction of sp³-hybridized carbons (Fsp3) is 0.239. The van der Waals surface area contributed by atoms with E-state index in [9.17, 15) is 70.5 Å². The van der Waals surface area contributed by atoms with Crippen LogP contribution in [0.1, 0.15) is 71.0 Å². The number of quaternary nitrogens is 1. The first-order valence-electron chi connectivity index (χ1n) is 30.7. The summed E-state index contributed by atoms with van der Waals surface area (Å²) in [7, 11) is -4.27. The molecular formula is C71H75N5O25S. The number of ether oxygens (including phenoxy) is 6. The van der Waals surface area contributed by atoms with Gasteiger partial charge in [-0.3, -0.25) is 24.0 Å². The van der Waals surface area contributed by atoms with Gasteiger partial charge in [-0.05, 0) is 52.4 Å². The Morgan fingerprint density at radius 2 is 0.598 bits per heavy atom. The molecule has 0 unspecified atom stereocenters. The Morgan fingerprint density at radius 1 is 0.353 bits per heavy atom. The monoisotopic (exact) mass is 1430 g/mol. The van der Waals surface area contributed by atoms with Crippen LogP contribution in [0.3, 0.4) is 0 Å². The van der Waals surface area contributed by atoms with Crippen LogP contribution in [0.4, 0.5) is 9.59 Å². The lowest BCUT2D eigenvalue weighted by Gasteiger charge is -2.21. The molecule has 4 amide bonds. The van der Waals surface area contributed by atoms with Crippen LogP contribution in [-0.4, -0.2) is 135 Å². The second-order valence-corrected chi connectivity index (χ2v) is 23.0. The van der Waals surface area contributed by atoms with E-state index in [1.165, 1.54) is 12.1 Å². The van der Waals surface area contributed by atoms with Crippen molar-refractivity contribution in [3.8, 4) is 0 Å². The number of hydrogen-bond acceptors (Lipinski definition) is 21. The molecule has 540 valence electrons. The Balaban J connectivity index is 0.000000336. The zero-order chi connectivity index (χ0) is 74.8. The molecule has 30 nitrogen and oxygen atoms in total. The van der Waals surface area contributed by atoms with Crippen LogP contribution in [0.15, 0.2) is 211 Å². The lowest BCUT2D eigenvalue weighted by molar-refractivity contribution is -0.408. The second-order valence-electron chi connectivity index (χ2n) is 21.6. The normalized spacial score (nSPS) is 11.8. The number of hydrogen-bond donors (Lipinski definition) is 9. The highest BCUT2D eigenvalue weighted by Gasteiger charge is 2.32. The van der Waals surface area contributed by atoms with Crippen LogP contribution in [-0.2, 0) is 126 Å². The van der Waals surface area contributed by atoms with Crippen LogP contribution >= 0.6 is 0 Å². The molecule has 0 radical (unpaired) electrons. The number of aliphatic carboxylic acids is 4. The number of esters is 6. The third-order valence-electron chi connectivity index (χ3n) is 13.3. The fourth-order valence-corrected chi connectivity index (χ4v) is 8.54. The van der Waals surface area contributed by atoms with E-state index in [1.807, 2.05) is 91.9 Å². The maximum Gasteiger partial charge on any atom is 0.365 e. The minimum atomic E-state index is -4.27. The summed E-state index contributed by atoms with van der Waals surface area (Å²) < 4.78 is 62.8. The van der Waals surface area contributed by atoms with Crippen LogP contribution in [0.25, 0.3) is 0 Å². The van der Waals surface area contributed by atoms with E-state index in [4.69, 9.17) is 48.8 Å². The van der Waals surface area contributed by atoms with Crippen molar-refractivity contribution in [2.75, 3.05) is 0 Å². The number of carbonyl (C=O) groups is 12. The van der Waals surface area contributed by atoms with Crippen LogP contribution in [0, 0.1) is 6.92 Å². The molecule has 7 rings (SSSR count). The molecule has 5 atom stereocenters. The van der Waals surface area contributed by atoms with Gasteiger partial charge in [0.25, 0.3) is 0 Å². The SMILES string of the molecule is Cc1ccc(S(=O)(=O)[O-])cc1.O=C(N[C@@H](CC(=O)OCc1ccccc1)C(=O)OCc1ccccc1)N[C@@H](CC(=O)OCc1ccccc1)C(=O)OCc1ccccc1.O=C(O)C[C@H](NC(=O)N[C@@H](CC(=O)O)C(=O)O)C(=O)O.[NH3+][C@@H](CC(=O)OCc1ccccc1)C(=O)OCc1ccccc1. The highest BCUT2D eigenvalue weighted by atomic mass is 32.2. The van der Waals surface area contributed by atoms with Crippen molar-refractivity contribution in [1.29, 1.82) is 0 Å². The number of nitrogens with one attached hydrogen (secondary N) is 4. The third kappa shape index (κ3) is 34.7. The molecule has 0 saturated carbocycles. The predicted octanol–water partition coefficient (Wildman–Crippen LogP) is 5.29. The highest BCUT2D eigenvalue weighted by Crippen LogP contribution is 2.13. The summed E-state index contributed by atoms with van der Waals surface area (Å²) >= 11 is 0. The molecule has 0 aliphatic carbocycles. The van der Waals surface area contributed by atoms with Crippen LogP contribution in [0.2, 0.25) is 0 Å². The Labute approximate surface area is 584 Å². The van der Waals surface area contributed by atoms with Crippen LogP contribution in [0.5, 0.6) is 0 Å². The van der Waals surface area contributed by atoms with Gasteiger partial charge in [-0.1, -0.05) is 200 Å². The van der Waals surface area contributed by atoms with Gasteiger partial charge in [0.15, 0.2) is 6.04 Å². The van der Waals surface area contributed by atoms with E-state index in [0.717, 1.165) is 27.8 Å². The Kier molecular flexibility index (Phi) is 35.8. The topological polar surface area (TPSA) is 474 Å². The molecule has 0 aliphatic rings. The molecule has 0 aliphatic heterocycles. The molecule has 11 N–H and O–H groups in total. The van der Waals surface area contributed by atoms with Gasteiger partial charge in [0, 0.05) is 0 Å². The first-order valence-corrected chi connectivity index (χ1v) is 32.1. The number of carboxylic acids is 4. The van der Waals surface area contributed by atoms with Crippen molar-refractivity contribution in [2.24, 2.45) is 0 Å². The van der Waals surface area contributed by atoms with Gasteiger partial charge in [-0.25, -0.2) is 42.0 Å². The number of benzene rings is 7. The van der Waals surface area contributed by atoms with Gasteiger partial charge < -0.3 is 80.4 Å². The molecule has 0 spiro atoms. The van der Waals surface area contributed by atoms with Gasteiger partial charge in [-0.2, -0.15) is 0 Å². The number of urea groups is 2. The summed E-state index contributed by atoms with van der Waals surface area (Å²) in [5.74, 6) is -10.6. The van der Waals surface area contributed by atoms with Gasteiger partial charge in [0.05, 0.1) is 30.6 Å². The lowest BCUT2D eigenvalue weighted by Crippen LogP contribution is -2.66. The summed E-state index contributed by atoms with van der Waals surface area (Å²) in [6.07, 6.45) is -3.05. The van der Waals surface area contributed by atoms with E-state index in [0.29, 0.717) is 11.1 Å². The van der Waals surface area contributed by atoms with Crippen molar-refractivity contribution < 1.29 is 125 Å². The molecule has 0 fully saturated rings. The van der Waals surface area contributed by atoms with Gasteiger partial charge in [-0.15, -0.1) is 0 Å². The van der Waals surface area contributed by atoms with Crippen molar-refractivity contribution in [1.82, 2.24) is 21.3 Å². The average molecular weight is 1430 g/mol. The van der Waals surface area contributed by atoms with Gasteiger partial charge in [0.1, 0.15) is 80.3 Å². The van der Waals surface area contributed by atoms with E-state index < -0.39 is 138 Å². The first-order chi connectivity index (χ1) is 48.6. The Hall–Kier alpha value is -12.4. The second kappa shape index (κ2) is 44.5. The largest absolute Gasteiger partial charge is 0.744 e. The summed E-state index contributed by atoms with van der Waals surface area (Å²) in [4.78, 5) is 142. The molecule has 102 heavy (non-hydrogen) atoms. The Morgan fingerprint density at radius 3 is 0.853 bits per heavy atom. The number of aryl methyl sites for hydroxylation is 1. The quantitative estimate of drug-likeness (QED) is 0.0147. The van der Waals surface area contributed by atoms with Crippen molar-refractivity contribution in [2.45, 2.75) is 114 Å². The minimum absolute atomic E-state index is 0.0436. The smallest absolute Gasteiger partial charge is 0.365 e. The molecule has 0 heterocycles. The predicted molar refractivity (Wildman–Crippen MR) is 355 cm³/mol. The zero-order valence-corrected chi connectivity index (χ0v) is 55.6. The van der Waals surface area contributed by atoms with E-state index in [2.05, 4.69) is 16.4 Å². The van der Waals surface area contributed by atoms with Crippen molar-refractivity contribution in [3.05, 3.63) is 245 Å². The summed E-state index contributed by atoms with van der Waals surface area (Å²) in [6.45, 7) is 1.87. The number of rotatable bonds is 32. The standard InChI is InChI=1S/C37H36N2O9.C18H19NO4.C9H12N2O9.C7H8O3S/c40-33(45-23-27-13-5-1-6-14-27)21-31(35(42)47-25-29-17-9-3-10-18-29)38-37(44)39-32(36(43)48-26-30-19-11-4-12-20-30)22-34(41)46-24-28-15-7-2-8-16-28;19-16(18(21)23-13-15-9-5-2-6-10-15)11-17(20)22-12-14-7-3-1-4-8-14;12-5(13)1-3(7(16)17)10-9(20)11-4(8(18)19)2-6(14)15;1-6-2-4-7(5-3-6)11(8,9)10/h1-20,31-32H,21-26H2,(H2,38,39,44);1-10,16H,11-13,19H2;3-4H,1-2H2,(H,12,13)(H,14,15)(H,16,17)(H,18,19)(H2,10,11,20);2-5H,1H3,(H,8,9,10)/t31-,32-;16-;3-,4-;/m000./s1. The van der Waals surface area contributed by atoms with E-state index in [-0.39, 0.29) is 51.0 Å². The van der Waals surface area contributed by atoms with Crippen LogP contribution < -0.4 is 27.0 Å². The molecule has 0 aromatic heterocycles. The molecule has 0 bridgehead atoms. The summed E-state index contributed by atoms with van der Waals surface area (Å²) in [5.41, 5.74) is 9.23. The average Bonchev–Trinajstić information content (AvgIpc) is 0.881. The zero-order valence-electron chi connectivity index (χ0n) is 54.8. The lowest BCUT2D eigenvalue weighted by atomic mass is 10.2. The molecular weight excluding hydrogens is 1350 g/mol. The fourth-order valence-electron chi connectivity index (χ4n) is 8.07. The van der Waals surface area contributed by atoms with E-state index >= 15 is 0 Å². The van der Waals surface area contributed by atoms with E-state index in [1.54, 1.807) is 120 Å². The summed E-state index contributed by atoms with van der Waals surface area (Å²) in [6, 6.07) is 50.5. The van der Waals surface area contributed by atoms with Gasteiger partial charge >= 0.3 is 71.8 Å². The molecule has 7 aromatic carbocycles. The minimum Gasteiger partial charge on any atom is -0.744 e. The summed E-state index contributed by atoms with van der Waals surface area (Å²) in [5, 5.41) is 42.4. The molecule has 7 aromatic rings. The molecule has 31 heteroatoms. The van der Waals surface area contributed by atoms with Crippen molar-refractivity contribution >= 4 is 81.9 Å². The molecule has 0 saturated heterocycles. The highest BCUT2D eigenvalue weighted by molar-refractivity contribution is 7.85. The Bertz CT molecular complexity index is 3800. The number of carbonyl (C=O) groups excluding carboxylic acids is 8.